The first-order valence-corrected chi connectivity index (χ1v) is 11.8. The highest BCUT2D eigenvalue weighted by Gasteiger charge is 2.41. The number of fused-ring (bicyclic) bond motifs is 2. The minimum atomic E-state index is -0.276. The van der Waals surface area contributed by atoms with Crippen molar-refractivity contribution in [3.05, 3.63) is 16.3 Å². The number of allylic oxidation sites excluding steroid dienone is 1. The number of rotatable bonds is 6. The molecule has 1 aliphatic carbocycles. The molecule has 1 amide bonds. The number of hydrogen-bond acceptors (Lipinski definition) is 9. The number of hydrogen-bond donors (Lipinski definition) is 0. The van der Waals surface area contributed by atoms with Gasteiger partial charge in [-0.3, -0.25) is 9.59 Å². The Morgan fingerprint density at radius 3 is 2.96 bits per heavy atom. The first kappa shape index (κ1) is 19.7. The summed E-state index contributed by atoms with van der Waals surface area (Å²) in [7, 11) is 1.85. The maximum atomic E-state index is 12.5. The molecule has 0 aromatic carbocycles. The lowest BCUT2D eigenvalue weighted by molar-refractivity contribution is -0.139. The smallest absolute Gasteiger partial charge is 0.316 e. The van der Waals surface area contributed by atoms with Crippen molar-refractivity contribution in [3.8, 4) is 0 Å². The van der Waals surface area contributed by atoms with Crippen molar-refractivity contribution >= 4 is 57.4 Å². The quantitative estimate of drug-likeness (QED) is 0.495. The second-order valence-electron chi connectivity index (χ2n) is 6.36. The topological polar surface area (TPSA) is 98.8 Å². The normalized spacial score (nSPS) is 20.8. The number of ether oxygens (including phenoxy) is 1. The van der Waals surface area contributed by atoms with Crippen molar-refractivity contribution in [2.45, 2.75) is 37.1 Å². The number of nitrogens with zero attached hydrogens (tertiary/aromatic N) is 5. The van der Waals surface area contributed by atoms with E-state index in [2.05, 4.69) is 20.2 Å². The van der Waals surface area contributed by atoms with Gasteiger partial charge in [-0.1, -0.05) is 35.3 Å². The Hall–Kier alpha value is -1.59. The van der Waals surface area contributed by atoms with Crippen LogP contribution < -0.4 is 0 Å². The van der Waals surface area contributed by atoms with Crippen molar-refractivity contribution < 1.29 is 14.3 Å². The molecule has 0 saturated heterocycles. The monoisotopic (exact) mass is 437 g/mol. The third kappa shape index (κ3) is 3.92. The van der Waals surface area contributed by atoms with Gasteiger partial charge in [0.2, 0.25) is 0 Å². The van der Waals surface area contributed by atoms with Gasteiger partial charge >= 0.3 is 5.97 Å². The zero-order valence-corrected chi connectivity index (χ0v) is 18.0. The van der Waals surface area contributed by atoms with E-state index in [0.717, 1.165) is 30.1 Å². The van der Waals surface area contributed by atoms with E-state index in [1.54, 1.807) is 18.7 Å². The van der Waals surface area contributed by atoms with Crippen molar-refractivity contribution in [1.29, 1.82) is 0 Å². The largest absolute Gasteiger partial charge is 0.465 e. The molecule has 148 valence electrons. The summed E-state index contributed by atoms with van der Waals surface area (Å²) in [6, 6.07) is 0. The van der Waals surface area contributed by atoms with Crippen LogP contribution in [0.3, 0.4) is 0 Å². The molecule has 11 heteroatoms. The second-order valence-corrected chi connectivity index (χ2v) is 9.36. The van der Waals surface area contributed by atoms with Gasteiger partial charge in [-0.25, -0.2) is 4.99 Å². The Kier molecular flexibility index (Phi) is 5.93. The number of carbonyl (C=O) groups is 2. The first-order chi connectivity index (χ1) is 13.6. The average Bonchev–Trinajstić information content (AvgIpc) is 3.33. The summed E-state index contributed by atoms with van der Waals surface area (Å²) in [6.07, 6.45) is 3.17. The molecule has 0 fully saturated rings. The van der Waals surface area contributed by atoms with Gasteiger partial charge < -0.3 is 9.30 Å². The van der Waals surface area contributed by atoms with E-state index >= 15 is 0 Å². The van der Waals surface area contributed by atoms with Gasteiger partial charge in [-0.15, -0.1) is 10.2 Å². The molecule has 0 spiro atoms. The van der Waals surface area contributed by atoms with E-state index in [1.807, 2.05) is 11.6 Å². The highest BCUT2D eigenvalue weighted by Crippen LogP contribution is 2.49. The van der Waals surface area contributed by atoms with E-state index in [9.17, 15) is 9.59 Å². The Labute approximate surface area is 175 Å². The van der Waals surface area contributed by atoms with E-state index < -0.39 is 0 Å². The number of amides is 1. The van der Waals surface area contributed by atoms with Gasteiger partial charge in [0.05, 0.1) is 23.2 Å². The predicted octanol–water partition coefficient (Wildman–Crippen LogP) is 2.80. The third-order valence-corrected chi connectivity index (χ3v) is 7.66. The SMILES string of the molecule is CCOC(=O)CSc1nnc(CSC2=NC(=O)C3C(=N2)SC2=C3CCC2)n1C. The minimum absolute atomic E-state index is 0.101. The Morgan fingerprint density at radius 2 is 2.14 bits per heavy atom. The van der Waals surface area contributed by atoms with Crippen molar-refractivity contribution in [2.75, 3.05) is 12.4 Å². The molecule has 0 saturated carbocycles. The Balaban J connectivity index is 1.36. The summed E-state index contributed by atoms with van der Waals surface area (Å²) in [6.45, 7) is 2.14. The fraction of sp³-hybridized carbons (Fsp3) is 0.529. The van der Waals surface area contributed by atoms with Crippen LogP contribution in [0.2, 0.25) is 0 Å². The molecule has 0 N–H and O–H groups in total. The summed E-state index contributed by atoms with van der Waals surface area (Å²) in [4.78, 5) is 34.1. The zero-order chi connectivity index (χ0) is 19.7. The summed E-state index contributed by atoms with van der Waals surface area (Å²) in [5.74, 6) is 0.811. The third-order valence-electron chi connectivity index (χ3n) is 4.57. The molecule has 0 bridgehead atoms. The van der Waals surface area contributed by atoms with Crippen molar-refractivity contribution in [2.24, 2.45) is 23.0 Å². The minimum Gasteiger partial charge on any atom is -0.465 e. The molecule has 8 nitrogen and oxygen atoms in total. The van der Waals surface area contributed by atoms with Crippen LogP contribution in [0.15, 0.2) is 25.6 Å². The maximum absolute atomic E-state index is 12.5. The number of aromatic nitrogens is 3. The number of aliphatic imine (C=N–C) groups is 2. The molecule has 1 atom stereocenters. The lowest BCUT2D eigenvalue weighted by atomic mass is 9.98. The Morgan fingerprint density at radius 1 is 1.29 bits per heavy atom. The summed E-state index contributed by atoms with van der Waals surface area (Å²) in [5, 5.41) is 10.3. The van der Waals surface area contributed by atoms with Crippen LogP contribution in [0.1, 0.15) is 32.0 Å². The van der Waals surface area contributed by atoms with Crippen LogP contribution in [0.5, 0.6) is 0 Å². The van der Waals surface area contributed by atoms with Gasteiger partial charge in [-0.05, 0) is 36.7 Å². The van der Waals surface area contributed by atoms with Crippen molar-refractivity contribution in [3.63, 3.8) is 0 Å². The standard InChI is InChI=1S/C17H19N5O3S3/c1-3-25-12(23)8-27-17-21-20-11(22(17)2)7-26-16-18-14(24)13-9-5-4-6-10(9)28-15(13)19-16/h13H,3-8H2,1-2H3. The Bertz CT molecular complexity index is 921. The molecular formula is C17H19N5O3S3. The number of amidine groups is 1. The maximum Gasteiger partial charge on any atom is 0.316 e. The lowest BCUT2D eigenvalue weighted by Gasteiger charge is -2.15. The van der Waals surface area contributed by atoms with Gasteiger partial charge in [0, 0.05) is 7.05 Å². The molecule has 0 radical (unpaired) electrons. The van der Waals surface area contributed by atoms with Gasteiger partial charge in [0.25, 0.3) is 5.91 Å². The van der Waals surface area contributed by atoms with E-state index in [0.29, 0.717) is 22.7 Å². The lowest BCUT2D eigenvalue weighted by Crippen LogP contribution is -2.24. The van der Waals surface area contributed by atoms with Crippen molar-refractivity contribution in [1.82, 2.24) is 14.8 Å². The molecule has 28 heavy (non-hydrogen) atoms. The summed E-state index contributed by atoms with van der Waals surface area (Å²) >= 11 is 4.31. The predicted molar refractivity (Wildman–Crippen MR) is 111 cm³/mol. The first-order valence-electron chi connectivity index (χ1n) is 8.97. The molecule has 1 aromatic rings. The summed E-state index contributed by atoms with van der Waals surface area (Å²) < 4.78 is 6.75. The van der Waals surface area contributed by atoms with Gasteiger partial charge in [-0.2, -0.15) is 4.99 Å². The van der Waals surface area contributed by atoms with E-state index in [-0.39, 0.29) is 23.5 Å². The van der Waals surface area contributed by atoms with E-state index in [1.165, 1.54) is 34.0 Å². The van der Waals surface area contributed by atoms with Crippen LogP contribution in [-0.4, -0.2) is 49.2 Å². The molecule has 1 aromatic heterocycles. The number of esters is 1. The fourth-order valence-corrected chi connectivity index (χ4v) is 6.19. The fourth-order valence-electron chi connectivity index (χ4n) is 3.23. The van der Waals surface area contributed by atoms with Crippen LogP contribution in [0.25, 0.3) is 0 Å². The van der Waals surface area contributed by atoms with Crippen LogP contribution in [0, 0.1) is 5.92 Å². The molecular weight excluding hydrogens is 418 g/mol. The second kappa shape index (κ2) is 8.42. The highest BCUT2D eigenvalue weighted by molar-refractivity contribution is 8.18. The molecule has 2 aliphatic heterocycles. The van der Waals surface area contributed by atoms with Crippen LogP contribution in [-0.2, 0) is 27.1 Å². The molecule has 3 heterocycles. The van der Waals surface area contributed by atoms with Crippen LogP contribution in [0.4, 0.5) is 0 Å². The summed E-state index contributed by atoms with van der Waals surface area (Å²) in [5.41, 5.74) is 1.23. The number of thioether (sulfide) groups is 3. The molecule has 3 aliphatic rings. The molecule has 4 rings (SSSR count). The van der Waals surface area contributed by atoms with E-state index in [4.69, 9.17) is 4.74 Å². The number of carbonyl (C=O) groups excluding carboxylic acids is 2. The van der Waals surface area contributed by atoms with Gasteiger partial charge in [0.15, 0.2) is 10.3 Å². The average molecular weight is 438 g/mol. The molecule has 1 unspecified atom stereocenters. The highest BCUT2D eigenvalue weighted by atomic mass is 32.2. The van der Waals surface area contributed by atoms with Gasteiger partial charge in [0.1, 0.15) is 11.7 Å². The zero-order valence-electron chi connectivity index (χ0n) is 15.5. The van der Waals surface area contributed by atoms with Crippen LogP contribution >= 0.6 is 35.3 Å².